The van der Waals surface area contributed by atoms with Crippen molar-refractivity contribution in [2.45, 2.75) is 0 Å². The molecule has 0 bridgehead atoms. The van der Waals surface area contributed by atoms with Crippen LogP contribution in [0.25, 0.3) is 6.08 Å². The largest absolute Gasteiger partial charge is 0.502 e. The van der Waals surface area contributed by atoms with Crippen LogP contribution in [0.1, 0.15) is 5.56 Å². The summed E-state index contributed by atoms with van der Waals surface area (Å²) in [6.45, 7) is 0.134. The first-order chi connectivity index (χ1) is 13.5. The van der Waals surface area contributed by atoms with E-state index in [2.05, 4.69) is 0 Å². The van der Waals surface area contributed by atoms with Crippen molar-refractivity contribution >= 4 is 34.6 Å². The minimum atomic E-state index is -0.333. The second-order valence-electron chi connectivity index (χ2n) is 5.87. The predicted octanol–water partition coefficient (Wildman–Crippen LogP) is 3.19. The van der Waals surface area contributed by atoms with Crippen molar-refractivity contribution in [1.82, 2.24) is 0 Å². The first kappa shape index (κ1) is 18.1. The zero-order valence-corrected chi connectivity index (χ0v) is 15.8. The summed E-state index contributed by atoms with van der Waals surface area (Å²) in [5.74, 6) is 1.14. The van der Waals surface area contributed by atoms with E-state index in [1.54, 1.807) is 36.4 Å². The van der Waals surface area contributed by atoms with E-state index in [4.69, 9.17) is 24.4 Å². The highest BCUT2D eigenvalue weighted by Gasteiger charge is 2.34. The minimum Gasteiger partial charge on any atom is -0.502 e. The molecule has 144 valence electrons. The Kier molecular flexibility index (Phi) is 4.52. The summed E-state index contributed by atoms with van der Waals surface area (Å²) in [6.07, 6.45) is 1.62. The van der Waals surface area contributed by atoms with E-state index in [1.165, 1.54) is 19.1 Å². The Labute approximate surface area is 164 Å². The zero-order valence-electron chi connectivity index (χ0n) is 15.0. The molecule has 2 aromatic rings. The summed E-state index contributed by atoms with van der Waals surface area (Å²) in [5, 5.41) is 18.3. The molecule has 0 aromatic heterocycles. The fourth-order valence-electron chi connectivity index (χ4n) is 2.89. The number of anilines is 1. The zero-order chi connectivity index (χ0) is 19.8. The van der Waals surface area contributed by atoms with E-state index in [0.717, 1.165) is 11.8 Å². The molecule has 1 amide bonds. The number of fused-ring (bicyclic) bond motifs is 1. The van der Waals surface area contributed by atoms with Crippen LogP contribution >= 0.6 is 11.8 Å². The number of thioether (sulfide) groups is 1. The molecule has 0 radical (unpaired) electrons. The van der Waals surface area contributed by atoms with Gasteiger partial charge < -0.3 is 24.1 Å². The van der Waals surface area contributed by atoms with E-state index in [0.29, 0.717) is 27.7 Å². The molecule has 4 rings (SSSR count). The fraction of sp³-hybridized carbons (Fsp3) is 0.158. The highest BCUT2D eigenvalue weighted by molar-refractivity contribution is 8.19. The molecule has 2 aromatic carbocycles. The van der Waals surface area contributed by atoms with Gasteiger partial charge >= 0.3 is 0 Å². The van der Waals surface area contributed by atoms with Crippen LogP contribution in [0.5, 0.6) is 28.7 Å². The lowest BCUT2D eigenvalue weighted by atomic mass is 10.1. The van der Waals surface area contributed by atoms with Gasteiger partial charge in [0.25, 0.3) is 5.91 Å². The Morgan fingerprint density at radius 2 is 1.82 bits per heavy atom. The Morgan fingerprint density at radius 1 is 1.14 bits per heavy atom. The van der Waals surface area contributed by atoms with E-state index in [1.807, 2.05) is 0 Å². The van der Waals surface area contributed by atoms with Gasteiger partial charge in [0.15, 0.2) is 28.2 Å². The van der Waals surface area contributed by atoms with Gasteiger partial charge in [-0.15, -0.1) is 0 Å². The third-order valence-corrected chi connectivity index (χ3v) is 5.13. The van der Waals surface area contributed by atoms with Crippen LogP contribution < -0.4 is 23.8 Å². The number of nitrogens with one attached hydrogen (secondary N) is 1. The number of ether oxygens (including phenoxy) is 4. The molecule has 2 aliphatic heterocycles. The van der Waals surface area contributed by atoms with Crippen LogP contribution in [0, 0.1) is 5.41 Å². The van der Waals surface area contributed by atoms with Gasteiger partial charge in [-0.2, -0.15) is 0 Å². The van der Waals surface area contributed by atoms with Crippen LogP contribution in [0.15, 0.2) is 35.2 Å². The summed E-state index contributed by atoms with van der Waals surface area (Å²) in [5.41, 5.74) is 1.12. The number of amides is 1. The van der Waals surface area contributed by atoms with Gasteiger partial charge in [0.2, 0.25) is 12.5 Å². The number of aromatic hydroxyl groups is 1. The summed E-state index contributed by atoms with van der Waals surface area (Å²) in [4.78, 5) is 14.6. The number of methoxy groups -OCH3 is 2. The van der Waals surface area contributed by atoms with Crippen molar-refractivity contribution in [2.24, 2.45) is 0 Å². The lowest BCUT2D eigenvalue weighted by Crippen LogP contribution is -2.28. The molecule has 0 atom stereocenters. The minimum absolute atomic E-state index is 0.0767. The number of amidine groups is 1. The molecule has 0 unspecified atom stereocenters. The lowest BCUT2D eigenvalue weighted by Gasteiger charge is -2.14. The van der Waals surface area contributed by atoms with Crippen LogP contribution in [-0.4, -0.2) is 37.2 Å². The average Bonchev–Trinajstić information content (AvgIpc) is 3.26. The highest BCUT2D eigenvalue weighted by Crippen LogP contribution is 2.42. The van der Waals surface area contributed by atoms with E-state index in [9.17, 15) is 9.90 Å². The van der Waals surface area contributed by atoms with Crippen molar-refractivity contribution < 1.29 is 28.8 Å². The number of carbonyl (C=O) groups excluding carboxylic acids is 1. The first-order valence-corrected chi connectivity index (χ1v) is 9.00. The van der Waals surface area contributed by atoms with Crippen molar-refractivity contribution in [3.8, 4) is 28.7 Å². The molecule has 0 spiro atoms. The maximum atomic E-state index is 12.9. The SMILES string of the molecule is COc1cc(C=C2SC(=N)N(c3ccc4c(c3)OCO4)C2=O)cc(OC)c1O. The summed E-state index contributed by atoms with van der Waals surface area (Å²) < 4.78 is 20.9. The number of phenolic OH excluding ortho intramolecular Hbond substituents is 1. The lowest BCUT2D eigenvalue weighted by molar-refractivity contribution is -0.113. The van der Waals surface area contributed by atoms with Gasteiger partial charge in [0.1, 0.15) is 0 Å². The van der Waals surface area contributed by atoms with E-state index >= 15 is 0 Å². The Morgan fingerprint density at radius 3 is 2.50 bits per heavy atom. The maximum absolute atomic E-state index is 12.9. The first-order valence-electron chi connectivity index (χ1n) is 8.19. The van der Waals surface area contributed by atoms with Gasteiger partial charge in [0, 0.05) is 6.07 Å². The van der Waals surface area contributed by atoms with Crippen molar-refractivity contribution in [1.29, 1.82) is 5.41 Å². The number of hydrogen-bond donors (Lipinski definition) is 2. The summed E-state index contributed by atoms with van der Waals surface area (Å²) >= 11 is 1.04. The quantitative estimate of drug-likeness (QED) is 0.760. The monoisotopic (exact) mass is 400 g/mol. The van der Waals surface area contributed by atoms with Crippen LogP contribution in [0.4, 0.5) is 5.69 Å². The van der Waals surface area contributed by atoms with Crippen molar-refractivity contribution in [3.63, 3.8) is 0 Å². The molecule has 28 heavy (non-hydrogen) atoms. The van der Waals surface area contributed by atoms with Gasteiger partial charge in [0.05, 0.1) is 24.8 Å². The number of rotatable bonds is 4. The molecule has 2 aliphatic rings. The second kappa shape index (κ2) is 7.01. The number of benzene rings is 2. The standard InChI is InChI=1S/C19H16N2O6S/c1-24-14-5-10(6-15(25-2)17(14)22)7-16-18(23)21(19(20)28-16)11-3-4-12-13(8-11)27-9-26-12/h3-8,20,22H,9H2,1-2H3. The molecular formula is C19H16N2O6S. The molecule has 1 fully saturated rings. The molecular weight excluding hydrogens is 384 g/mol. The summed E-state index contributed by atoms with van der Waals surface area (Å²) in [6, 6.07) is 8.26. The Balaban J connectivity index is 1.67. The van der Waals surface area contributed by atoms with Crippen molar-refractivity contribution in [3.05, 3.63) is 40.8 Å². The third-order valence-electron chi connectivity index (χ3n) is 4.24. The normalized spacial score (nSPS) is 16.8. The van der Waals surface area contributed by atoms with Crippen molar-refractivity contribution in [2.75, 3.05) is 25.9 Å². The van der Waals surface area contributed by atoms with Gasteiger partial charge in [-0.3, -0.25) is 15.1 Å². The van der Waals surface area contributed by atoms with Crippen LogP contribution in [-0.2, 0) is 4.79 Å². The second-order valence-corrected chi connectivity index (χ2v) is 6.90. The average molecular weight is 400 g/mol. The maximum Gasteiger partial charge on any atom is 0.271 e. The Bertz CT molecular complexity index is 994. The number of phenols is 1. The molecule has 8 nitrogen and oxygen atoms in total. The van der Waals surface area contributed by atoms with E-state index in [-0.39, 0.29) is 35.1 Å². The number of hydrogen-bond acceptors (Lipinski definition) is 8. The van der Waals surface area contributed by atoms with E-state index < -0.39 is 0 Å². The topological polar surface area (TPSA) is 101 Å². The molecule has 0 saturated carbocycles. The number of carbonyl (C=O) groups is 1. The number of nitrogens with zero attached hydrogens (tertiary/aromatic N) is 1. The smallest absolute Gasteiger partial charge is 0.271 e. The Hall–Kier alpha value is -3.33. The fourth-order valence-corrected chi connectivity index (χ4v) is 3.76. The van der Waals surface area contributed by atoms with Gasteiger partial charge in [-0.25, -0.2) is 0 Å². The molecule has 2 heterocycles. The predicted molar refractivity (Wildman–Crippen MR) is 105 cm³/mol. The molecule has 1 saturated heterocycles. The molecule has 9 heteroatoms. The van der Waals surface area contributed by atoms with Gasteiger partial charge in [-0.05, 0) is 47.7 Å². The summed E-state index contributed by atoms with van der Waals surface area (Å²) in [7, 11) is 2.86. The molecule has 2 N–H and O–H groups in total. The molecule has 0 aliphatic carbocycles. The van der Waals surface area contributed by atoms with Crippen LogP contribution in [0.2, 0.25) is 0 Å². The van der Waals surface area contributed by atoms with Gasteiger partial charge in [-0.1, -0.05) is 0 Å². The highest BCUT2D eigenvalue weighted by atomic mass is 32.2. The van der Waals surface area contributed by atoms with Crippen LogP contribution in [0.3, 0.4) is 0 Å². The third kappa shape index (κ3) is 2.99.